The molecule has 1 aliphatic heterocycles. The van der Waals surface area contributed by atoms with Gasteiger partial charge in [-0.15, -0.1) is 4.91 Å². The molecule has 0 aromatic carbocycles. The fourth-order valence-electron chi connectivity index (χ4n) is 2.89. The number of nitroso groups, excluding NO2 is 1. The lowest BCUT2D eigenvalue weighted by Crippen LogP contribution is -2.30. The van der Waals surface area contributed by atoms with Crippen molar-refractivity contribution in [1.82, 2.24) is 5.32 Å². The molecule has 0 aliphatic carbocycles. The molecule has 0 bridgehead atoms. The van der Waals surface area contributed by atoms with E-state index in [2.05, 4.69) is 12.2 Å². The number of unbranched alkanes of at least 4 members (excludes halogenated alkanes) is 7. The third-order valence-electron chi connectivity index (χ3n) is 4.47. The molecule has 0 aromatic rings. The van der Waals surface area contributed by atoms with Crippen molar-refractivity contribution < 1.29 is 27.4 Å². The van der Waals surface area contributed by atoms with Gasteiger partial charge < -0.3 is 19.5 Å². The number of carbonyl (C=O) groups is 1. The molecule has 2 unspecified atom stereocenters. The molecule has 10 heteroatoms. The van der Waals surface area contributed by atoms with Gasteiger partial charge >= 0.3 is 6.09 Å². The van der Waals surface area contributed by atoms with E-state index in [0.717, 1.165) is 12.8 Å². The Labute approximate surface area is 167 Å². The Morgan fingerprint density at radius 3 is 2.46 bits per heavy atom. The highest BCUT2D eigenvalue weighted by Crippen LogP contribution is 2.18. The zero-order valence-electron chi connectivity index (χ0n) is 16.8. The van der Waals surface area contributed by atoms with Crippen LogP contribution in [0.4, 0.5) is 4.79 Å². The van der Waals surface area contributed by atoms with Crippen LogP contribution >= 0.6 is 0 Å². The minimum atomic E-state index is -3.93. The topological polar surface area (TPSA) is 120 Å². The first-order valence-corrected chi connectivity index (χ1v) is 11.8. The highest BCUT2D eigenvalue weighted by atomic mass is 32.2. The zero-order chi connectivity index (χ0) is 20.7. The molecule has 1 heterocycles. The summed E-state index contributed by atoms with van der Waals surface area (Å²) in [6.45, 7) is 2.76. The summed E-state index contributed by atoms with van der Waals surface area (Å²) >= 11 is 0. The van der Waals surface area contributed by atoms with Crippen LogP contribution in [0.3, 0.4) is 0 Å². The number of nitrogens with one attached hydrogen (secondary N) is 1. The quantitative estimate of drug-likeness (QED) is 0.299. The first-order valence-electron chi connectivity index (χ1n) is 10.2. The number of alkyl carbamates (subject to hydrolysis) is 1. The van der Waals surface area contributed by atoms with Crippen LogP contribution < -0.4 is 5.32 Å². The van der Waals surface area contributed by atoms with Crippen molar-refractivity contribution in [1.29, 1.82) is 0 Å². The van der Waals surface area contributed by atoms with Crippen molar-refractivity contribution in [3.63, 3.8) is 0 Å². The lowest BCUT2D eigenvalue weighted by Gasteiger charge is -2.12. The molecule has 9 nitrogen and oxygen atoms in total. The fraction of sp³-hybridized carbons (Fsp3) is 0.944. The number of hydrogen-bond donors (Lipinski definition) is 1. The smallest absolute Gasteiger partial charge is 0.407 e. The normalized spacial score (nSPS) is 19.5. The van der Waals surface area contributed by atoms with Crippen molar-refractivity contribution in [2.75, 3.05) is 25.5 Å². The van der Waals surface area contributed by atoms with E-state index in [-0.39, 0.29) is 32.0 Å². The molecular weight excluding hydrogens is 388 g/mol. The predicted octanol–water partition coefficient (Wildman–Crippen LogP) is 3.47. The summed E-state index contributed by atoms with van der Waals surface area (Å²) in [7, 11) is -3.93. The number of nitrogens with zero attached hydrogens (tertiary/aromatic N) is 1. The fourth-order valence-corrected chi connectivity index (χ4v) is 3.48. The van der Waals surface area contributed by atoms with Crippen LogP contribution in [0.1, 0.15) is 71.1 Å². The first kappa shape index (κ1) is 24.8. The maximum atomic E-state index is 11.5. The lowest BCUT2D eigenvalue weighted by atomic mass is 10.1. The van der Waals surface area contributed by atoms with Crippen LogP contribution in [0, 0.1) is 4.91 Å². The number of carbonyl (C=O) groups excluding carboxylic acids is 1. The molecule has 1 N–H and O–H groups in total. The van der Waals surface area contributed by atoms with Gasteiger partial charge in [0.25, 0.3) is 10.0 Å². The molecule has 28 heavy (non-hydrogen) atoms. The molecule has 1 aliphatic rings. The largest absolute Gasteiger partial charge is 0.447 e. The molecule has 0 saturated carbocycles. The van der Waals surface area contributed by atoms with Gasteiger partial charge in [0, 0.05) is 6.54 Å². The third kappa shape index (κ3) is 12.2. The Hall–Kier alpha value is -1.26. The Balaban J connectivity index is 1.98. The van der Waals surface area contributed by atoms with Gasteiger partial charge in [0.15, 0.2) is 6.29 Å². The van der Waals surface area contributed by atoms with E-state index in [4.69, 9.17) is 14.2 Å². The van der Waals surface area contributed by atoms with Crippen molar-refractivity contribution >= 4 is 16.1 Å². The lowest BCUT2D eigenvalue weighted by molar-refractivity contribution is -0.0709. The maximum absolute atomic E-state index is 11.5. The number of hydrogen-bond acceptors (Lipinski definition) is 7. The van der Waals surface area contributed by atoms with Crippen LogP contribution in [-0.4, -0.2) is 52.4 Å². The molecule has 1 amide bonds. The van der Waals surface area contributed by atoms with Gasteiger partial charge in [0.1, 0.15) is 12.7 Å². The summed E-state index contributed by atoms with van der Waals surface area (Å²) in [6.07, 6.45) is 9.75. The van der Waals surface area contributed by atoms with Crippen LogP contribution in [-0.2, 0) is 24.2 Å². The Morgan fingerprint density at radius 1 is 1.11 bits per heavy atom. The number of ether oxygens (including phenoxy) is 3. The summed E-state index contributed by atoms with van der Waals surface area (Å²) in [6, 6.07) is 0. The van der Waals surface area contributed by atoms with E-state index in [1.807, 2.05) is 4.58 Å². The third-order valence-corrected chi connectivity index (χ3v) is 5.50. The minimum absolute atomic E-state index is 0.0773. The van der Waals surface area contributed by atoms with Crippen molar-refractivity contribution in [3.8, 4) is 0 Å². The van der Waals surface area contributed by atoms with Gasteiger partial charge in [-0.1, -0.05) is 51.9 Å². The van der Waals surface area contributed by atoms with Crippen LogP contribution in [0.5, 0.6) is 0 Å². The van der Waals surface area contributed by atoms with Crippen molar-refractivity contribution in [2.24, 2.45) is 4.58 Å². The average molecular weight is 423 g/mol. The standard InChI is InChI=1S/C18H34N2O7S/c1-2-3-4-5-6-7-8-9-11-17-25-14-16(27-17)15-26-18(21)19-12-10-13-28(23,24)20-22/h16-17H,2-15H2,1H3,(H,19,21). The van der Waals surface area contributed by atoms with Gasteiger partial charge in [0.2, 0.25) is 0 Å². The van der Waals surface area contributed by atoms with Crippen LogP contribution in [0.25, 0.3) is 0 Å². The Morgan fingerprint density at radius 2 is 1.79 bits per heavy atom. The van der Waals surface area contributed by atoms with E-state index in [1.54, 1.807) is 0 Å². The number of amides is 1. The number of rotatable bonds is 16. The maximum Gasteiger partial charge on any atom is 0.407 e. The Bertz CT molecular complexity index is 542. The van der Waals surface area contributed by atoms with E-state index in [0.29, 0.717) is 6.61 Å². The monoisotopic (exact) mass is 422 g/mol. The SMILES string of the molecule is CCCCCCCCCCC1OCC(COC(=O)NCCCS(=O)(=O)N=O)O1. The second-order valence-corrected chi connectivity index (χ2v) is 8.75. The molecule has 1 rings (SSSR count). The second-order valence-electron chi connectivity index (χ2n) is 7.02. The molecular formula is C18H34N2O7S. The molecule has 2 atom stereocenters. The molecule has 1 fully saturated rings. The number of sulfonamides is 1. The first-order chi connectivity index (χ1) is 13.5. The van der Waals surface area contributed by atoms with E-state index in [9.17, 15) is 18.1 Å². The summed E-state index contributed by atoms with van der Waals surface area (Å²) in [5.41, 5.74) is 0. The zero-order valence-corrected chi connectivity index (χ0v) is 17.6. The summed E-state index contributed by atoms with van der Waals surface area (Å²) in [4.78, 5) is 21.6. The van der Waals surface area contributed by atoms with Crippen LogP contribution in [0.15, 0.2) is 4.58 Å². The molecule has 0 aromatic heterocycles. The molecule has 164 valence electrons. The van der Waals surface area contributed by atoms with Gasteiger partial charge in [-0.05, 0) is 19.3 Å². The van der Waals surface area contributed by atoms with Gasteiger partial charge in [-0.2, -0.15) is 0 Å². The summed E-state index contributed by atoms with van der Waals surface area (Å²) < 4.78 is 40.1. The minimum Gasteiger partial charge on any atom is -0.447 e. The summed E-state index contributed by atoms with van der Waals surface area (Å²) in [5.74, 6) is -0.406. The highest BCUT2D eigenvalue weighted by Gasteiger charge is 2.26. The van der Waals surface area contributed by atoms with E-state index >= 15 is 0 Å². The van der Waals surface area contributed by atoms with Crippen LogP contribution in [0.2, 0.25) is 0 Å². The van der Waals surface area contributed by atoms with Crippen molar-refractivity contribution in [2.45, 2.75) is 83.5 Å². The average Bonchev–Trinajstić information content (AvgIpc) is 3.13. The molecule has 0 spiro atoms. The molecule has 1 saturated heterocycles. The second kappa shape index (κ2) is 14.7. The molecule has 0 radical (unpaired) electrons. The Kier molecular flexibility index (Phi) is 13.0. The summed E-state index contributed by atoms with van der Waals surface area (Å²) in [5, 5.41) is 2.42. The highest BCUT2D eigenvalue weighted by molar-refractivity contribution is 7.89. The van der Waals surface area contributed by atoms with Gasteiger partial charge in [-0.25, -0.2) is 13.2 Å². The van der Waals surface area contributed by atoms with Crippen molar-refractivity contribution in [3.05, 3.63) is 4.91 Å². The predicted molar refractivity (Wildman–Crippen MR) is 105 cm³/mol. The van der Waals surface area contributed by atoms with Gasteiger partial charge in [0.05, 0.1) is 16.9 Å². The van der Waals surface area contributed by atoms with E-state index in [1.165, 1.54) is 44.9 Å². The van der Waals surface area contributed by atoms with E-state index < -0.39 is 21.9 Å². The van der Waals surface area contributed by atoms with Gasteiger partial charge in [-0.3, -0.25) is 0 Å².